The molecule has 0 aliphatic heterocycles. The predicted molar refractivity (Wildman–Crippen MR) is 61.8 cm³/mol. The van der Waals surface area contributed by atoms with E-state index in [0.717, 1.165) is 6.07 Å². The van der Waals surface area contributed by atoms with Crippen molar-refractivity contribution < 1.29 is 17.8 Å². The van der Waals surface area contributed by atoms with Crippen LogP contribution in [0.1, 0.15) is 0 Å². The summed E-state index contributed by atoms with van der Waals surface area (Å²) in [5.41, 5.74) is 0.219. The molecule has 1 rings (SSSR count). The fourth-order valence-corrected chi connectivity index (χ4v) is 1.46. The molecule has 0 unspecified atom stereocenters. The molecule has 0 aliphatic rings. The Labute approximate surface area is 101 Å². The summed E-state index contributed by atoms with van der Waals surface area (Å²) >= 11 is 2.87. The Morgan fingerprint density at radius 1 is 1.56 bits per heavy atom. The number of halogens is 1. The Kier molecular flexibility index (Phi) is 3.84. The van der Waals surface area contributed by atoms with Crippen molar-refractivity contribution in [3.05, 3.63) is 35.3 Å². The SMILES string of the molecule is C=C(Br)C(=O)Nc1cc[c]c(S(=O)(=O)O)c1. The molecule has 85 valence electrons. The van der Waals surface area contributed by atoms with Crippen molar-refractivity contribution in [2.45, 2.75) is 4.90 Å². The molecule has 0 aromatic heterocycles. The van der Waals surface area contributed by atoms with Crippen LogP contribution in [-0.4, -0.2) is 18.9 Å². The lowest BCUT2D eigenvalue weighted by Gasteiger charge is -2.04. The third kappa shape index (κ3) is 3.44. The van der Waals surface area contributed by atoms with Crippen LogP contribution in [0.15, 0.2) is 34.2 Å². The van der Waals surface area contributed by atoms with Crippen molar-refractivity contribution in [1.82, 2.24) is 0 Å². The normalized spacial score (nSPS) is 10.9. The zero-order valence-corrected chi connectivity index (χ0v) is 10.3. The van der Waals surface area contributed by atoms with Crippen molar-refractivity contribution in [2.24, 2.45) is 0 Å². The van der Waals surface area contributed by atoms with Gasteiger partial charge in [-0.15, -0.1) is 0 Å². The number of amides is 1. The van der Waals surface area contributed by atoms with E-state index >= 15 is 0 Å². The molecule has 1 aromatic carbocycles. The molecule has 7 heteroatoms. The van der Waals surface area contributed by atoms with Crippen LogP contribution in [0.3, 0.4) is 0 Å². The third-order valence-electron chi connectivity index (χ3n) is 1.56. The number of anilines is 1. The number of carbonyl (C=O) groups excluding carboxylic acids is 1. The van der Waals surface area contributed by atoms with Gasteiger partial charge in [0.1, 0.15) is 4.90 Å². The molecule has 0 saturated carbocycles. The van der Waals surface area contributed by atoms with Gasteiger partial charge < -0.3 is 5.32 Å². The quantitative estimate of drug-likeness (QED) is 0.656. The molecular weight excluding hydrogens is 298 g/mol. The van der Waals surface area contributed by atoms with Gasteiger partial charge in [0, 0.05) is 11.8 Å². The molecule has 1 aromatic rings. The third-order valence-corrected chi connectivity index (χ3v) is 2.71. The second-order valence-corrected chi connectivity index (χ2v) is 5.12. The van der Waals surface area contributed by atoms with E-state index in [-0.39, 0.29) is 10.2 Å². The van der Waals surface area contributed by atoms with E-state index in [1.807, 2.05) is 0 Å². The number of benzene rings is 1. The Morgan fingerprint density at radius 3 is 2.69 bits per heavy atom. The summed E-state index contributed by atoms with van der Waals surface area (Å²) in [6.45, 7) is 3.35. The number of hydrogen-bond acceptors (Lipinski definition) is 3. The van der Waals surface area contributed by atoms with E-state index in [0.29, 0.717) is 0 Å². The van der Waals surface area contributed by atoms with Gasteiger partial charge in [0.25, 0.3) is 16.0 Å². The molecule has 16 heavy (non-hydrogen) atoms. The Bertz CT molecular complexity index is 538. The van der Waals surface area contributed by atoms with Gasteiger partial charge in [-0.05, 0) is 28.1 Å². The molecule has 0 atom stereocenters. The molecule has 0 aliphatic carbocycles. The van der Waals surface area contributed by atoms with Crippen molar-refractivity contribution in [2.75, 3.05) is 5.32 Å². The Balaban J connectivity index is 3.01. The van der Waals surface area contributed by atoms with Crippen LogP contribution in [0.5, 0.6) is 0 Å². The first kappa shape index (κ1) is 12.9. The molecule has 1 radical (unpaired) electrons. The monoisotopic (exact) mass is 304 g/mol. The fourth-order valence-electron chi connectivity index (χ4n) is 0.870. The van der Waals surface area contributed by atoms with Crippen molar-refractivity contribution >= 4 is 37.6 Å². The molecule has 0 fully saturated rings. The number of nitrogens with one attached hydrogen (secondary N) is 1. The van der Waals surface area contributed by atoms with Gasteiger partial charge in [0.2, 0.25) is 0 Å². The van der Waals surface area contributed by atoms with Gasteiger partial charge in [-0.3, -0.25) is 9.35 Å². The van der Waals surface area contributed by atoms with Crippen LogP contribution in [-0.2, 0) is 14.9 Å². The van der Waals surface area contributed by atoms with Crippen LogP contribution in [0.25, 0.3) is 0 Å². The average molecular weight is 305 g/mol. The number of rotatable bonds is 3. The summed E-state index contributed by atoms with van der Waals surface area (Å²) in [6, 6.07) is 6.12. The lowest BCUT2D eigenvalue weighted by atomic mass is 10.3. The number of carbonyl (C=O) groups is 1. The van der Waals surface area contributed by atoms with E-state index in [1.54, 1.807) is 0 Å². The van der Waals surface area contributed by atoms with Crippen molar-refractivity contribution in [3.8, 4) is 0 Å². The van der Waals surface area contributed by atoms with Gasteiger partial charge in [-0.1, -0.05) is 12.6 Å². The first-order chi connectivity index (χ1) is 7.30. The van der Waals surface area contributed by atoms with Crippen LogP contribution in [0.2, 0.25) is 0 Å². The van der Waals surface area contributed by atoms with E-state index in [4.69, 9.17) is 4.55 Å². The highest BCUT2D eigenvalue weighted by Gasteiger charge is 2.11. The zero-order chi connectivity index (χ0) is 12.3. The minimum atomic E-state index is -4.32. The zero-order valence-electron chi connectivity index (χ0n) is 7.90. The molecule has 2 N–H and O–H groups in total. The lowest BCUT2D eigenvalue weighted by Crippen LogP contribution is -2.11. The predicted octanol–water partition coefficient (Wildman–Crippen LogP) is 1.58. The molecule has 0 bridgehead atoms. The topological polar surface area (TPSA) is 83.5 Å². The molecule has 0 heterocycles. The smallest absolute Gasteiger partial charge is 0.295 e. The van der Waals surface area contributed by atoms with E-state index in [9.17, 15) is 13.2 Å². The van der Waals surface area contributed by atoms with Gasteiger partial charge in [-0.2, -0.15) is 8.42 Å². The molecule has 0 saturated heterocycles. The second-order valence-electron chi connectivity index (χ2n) is 2.78. The average Bonchev–Trinajstić information content (AvgIpc) is 2.16. The van der Waals surface area contributed by atoms with Crippen molar-refractivity contribution in [3.63, 3.8) is 0 Å². The van der Waals surface area contributed by atoms with Crippen molar-refractivity contribution in [1.29, 1.82) is 0 Å². The largest absolute Gasteiger partial charge is 0.322 e. The summed E-state index contributed by atoms with van der Waals surface area (Å²) in [4.78, 5) is 10.8. The molecule has 5 nitrogen and oxygen atoms in total. The Hall–Kier alpha value is -1.18. The maximum atomic E-state index is 11.2. The van der Waals surface area contributed by atoms with E-state index < -0.39 is 20.9 Å². The summed E-state index contributed by atoms with van der Waals surface area (Å²) < 4.78 is 30.4. The second kappa shape index (κ2) is 4.77. The van der Waals surface area contributed by atoms with E-state index in [2.05, 4.69) is 33.9 Å². The molecule has 1 amide bonds. The number of hydrogen-bond donors (Lipinski definition) is 2. The van der Waals surface area contributed by atoms with Crippen LogP contribution in [0, 0.1) is 6.07 Å². The van der Waals surface area contributed by atoms with Gasteiger partial charge >= 0.3 is 0 Å². The summed E-state index contributed by atoms with van der Waals surface area (Å²) in [5, 5.41) is 2.37. The minimum Gasteiger partial charge on any atom is -0.322 e. The van der Waals surface area contributed by atoms with Gasteiger partial charge in [-0.25, -0.2) is 0 Å². The van der Waals surface area contributed by atoms with Crippen LogP contribution < -0.4 is 5.32 Å². The molecule has 0 spiro atoms. The minimum absolute atomic E-state index is 0.105. The summed E-state index contributed by atoms with van der Waals surface area (Å²) in [7, 11) is -4.32. The Morgan fingerprint density at radius 2 is 2.19 bits per heavy atom. The maximum absolute atomic E-state index is 11.2. The summed E-state index contributed by atoms with van der Waals surface area (Å²) in [5.74, 6) is -0.507. The standard InChI is InChI=1S/C9H7BrNO4S/c1-6(10)9(12)11-7-3-2-4-8(5-7)16(13,14)15/h2-3,5H,1H2,(H,11,12)(H,13,14,15). The van der Waals surface area contributed by atoms with E-state index in [1.165, 1.54) is 12.1 Å². The van der Waals surface area contributed by atoms with Crippen LogP contribution in [0.4, 0.5) is 5.69 Å². The highest BCUT2D eigenvalue weighted by Crippen LogP contribution is 2.15. The molecular formula is C9H7BrNO4S. The maximum Gasteiger partial charge on any atom is 0.295 e. The lowest BCUT2D eigenvalue weighted by molar-refractivity contribution is -0.112. The highest BCUT2D eigenvalue weighted by molar-refractivity contribution is 9.12. The highest BCUT2D eigenvalue weighted by atomic mass is 79.9. The summed E-state index contributed by atoms with van der Waals surface area (Å²) in [6.07, 6.45) is 0. The van der Waals surface area contributed by atoms with Crippen LogP contribution >= 0.6 is 15.9 Å². The van der Waals surface area contributed by atoms with Gasteiger partial charge in [0.05, 0.1) is 4.48 Å². The first-order valence-electron chi connectivity index (χ1n) is 3.95. The fraction of sp³-hybridized carbons (Fsp3) is 0. The first-order valence-corrected chi connectivity index (χ1v) is 6.19. The van der Waals surface area contributed by atoms with Gasteiger partial charge in [0.15, 0.2) is 0 Å².